The van der Waals surface area contributed by atoms with E-state index in [-0.39, 0.29) is 18.1 Å². The second kappa shape index (κ2) is 9.37. The Bertz CT molecular complexity index is 1030. The van der Waals surface area contributed by atoms with E-state index in [2.05, 4.69) is 10.6 Å². The molecule has 0 heterocycles. The number of anilines is 1. The van der Waals surface area contributed by atoms with Gasteiger partial charge in [0.05, 0.1) is 0 Å². The molecule has 0 fully saturated rings. The maximum absolute atomic E-state index is 12.8. The smallest absolute Gasteiger partial charge is 0.268 e. The third-order valence-electron chi connectivity index (χ3n) is 4.41. The van der Waals surface area contributed by atoms with Gasteiger partial charge in [0.2, 0.25) is 0 Å². The summed E-state index contributed by atoms with van der Waals surface area (Å²) in [5.74, 6) is -0.739. The molecule has 5 heteroatoms. The maximum Gasteiger partial charge on any atom is 0.268 e. The van der Waals surface area contributed by atoms with Gasteiger partial charge in [-0.05, 0) is 42.3 Å². The molecule has 0 spiro atoms. The van der Waals surface area contributed by atoms with Gasteiger partial charge in [-0.25, -0.2) is 0 Å². The van der Waals surface area contributed by atoms with Crippen LogP contribution < -0.4 is 16.4 Å². The van der Waals surface area contributed by atoms with Crippen LogP contribution in [0.1, 0.15) is 27.0 Å². The molecule has 2 amide bonds. The van der Waals surface area contributed by atoms with Gasteiger partial charge in [0.25, 0.3) is 11.8 Å². The van der Waals surface area contributed by atoms with E-state index in [0.29, 0.717) is 11.3 Å². The molecule has 0 aromatic heterocycles. The van der Waals surface area contributed by atoms with Crippen LogP contribution in [-0.2, 0) is 11.3 Å². The first-order valence-corrected chi connectivity index (χ1v) is 9.29. The minimum absolute atomic E-state index is 0.164. The Balaban J connectivity index is 1.81. The zero-order chi connectivity index (χ0) is 20.6. The van der Waals surface area contributed by atoms with E-state index in [0.717, 1.165) is 16.7 Å². The summed E-state index contributed by atoms with van der Waals surface area (Å²) in [5.41, 5.74) is 9.92. The largest absolute Gasteiger partial charge is 0.398 e. The monoisotopic (exact) mass is 385 g/mol. The van der Waals surface area contributed by atoms with Gasteiger partial charge in [-0.2, -0.15) is 0 Å². The summed E-state index contributed by atoms with van der Waals surface area (Å²) < 4.78 is 0. The quantitative estimate of drug-likeness (QED) is 0.447. The van der Waals surface area contributed by atoms with Crippen LogP contribution in [0.5, 0.6) is 0 Å². The molecular formula is C24H23N3O2. The molecule has 0 saturated carbocycles. The van der Waals surface area contributed by atoms with Gasteiger partial charge in [-0.1, -0.05) is 66.2 Å². The number of carbonyl (C=O) groups is 2. The van der Waals surface area contributed by atoms with Crippen LogP contribution in [0, 0.1) is 6.92 Å². The SMILES string of the molecule is Cc1ccc(/C=C(/NC(=O)c2ccccc2)C(=O)NCc2ccccc2N)cc1. The molecule has 4 N–H and O–H groups in total. The predicted octanol–water partition coefficient (Wildman–Crippen LogP) is 3.66. The summed E-state index contributed by atoms with van der Waals surface area (Å²) in [4.78, 5) is 25.4. The minimum Gasteiger partial charge on any atom is -0.398 e. The van der Waals surface area contributed by atoms with E-state index < -0.39 is 5.91 Å². The van der Waals surface area contributed by atoms with Gasteiger partial charge in [0, 0.05) is 17.8 Å². The fourth-order valence-corrected chi connectivity index (χ4v) is 2.74. The minimum atomic E-state index is -0.391. The molecule has 5 nitrogen and oxygen atoms in total. The predicted molar refractivity (Wildman–Crippen MR) is 116 cm³/mol. The molecule has 0 radical (unpaired) electrons. The van der Waals surface area contributed by atoms with E-state index >= 15 is 0 Å². The van der Waals surface area contributed by atoms with Crippen molar-refractivity contribution in [1.29, 1.82) is 0 Å². The van der Waals surface area contributed by atoms with Crippen LogP contribution in [-0.4, -0.2) is 11.8 Å². The standard InChI is InChI=1S/C24H23N3O2/c1-17-11-13-18(14-12-17)15-22(27-23(28)19-7-3-2-4-8-19)24(29)26-16-20-9-5-6-10-21(20)25/h2-15H,16,25H2,1H3,(H,26,29)(H,27,28)/b22-15+. The number of benzene rings is 3. The second-order valence-corrected chi connectivity index (χ2v) is 6.67. The number of nitrogens with one attached hydrogen (secondary N) is 2. The lowest BCUT2D eigenvalue weighted by atomic mass is 10.1. The normalized spacial score (nSPS) is 11.0. The van der Waals surface area contributed by atoms with Crippen molar-refractivity contribution in [3.8, 4) is 0 Å². The van der Waals surface area contributed by atoms with Crippen molar-refractivity contribution in [2.75, 3.05) is 5.73 Å². The van der Waals surface area contributed by atoms with Gasteiger partial charge >= 0.3 is 0 Å². The molecule has 0 saturated heterocycles. The number of nitrogens with two attached hydrogens (primary N) is 1. The molecule has 0 unspecified atom stereocenters. The average molecular weight is 385 g/mol. The molecule has 0 atom stereocenters. The van der Waals surface area contributed by atoms with Crippen molar-refractivity contribution in [3.05, 3.63) is 107 Å². The van der Waals surface area contributed by atoms with E-state index in [1.54, 1.807) is 36.4 Å². The van der Waals surface area contributed by atoms with Crippen molar-refractivity contribution in [3.63, 3.8) is 0 Å². The lowest BCUT2D eigenvalue weighted by molar-refractivity contribution is -0.117. The first-order valence-electron chi connectivity index (χ1n) is 9.29. The highest BCUT2D eigenvalue weighted by atomic mass is 16.2. The van der Waals surface area contributed by atoms with Crippen LogP contribution in [0.4, 0.5) is 5.69 Å². The van der Waals surface area contributed by atoms with Crippen molar-refractivity contribution in [2.45, 2.75) is 13.5 Å². The van der Waals surface area contributed by atoms with Gasteiger partial charge in [0.15, 0.2) is 0 Å². The fourth-order valence-electron chi connectivity index (χ4n) is 2.74. The van der Waals surface area contributed by atoms with Crippen molar-refractivity contribution < 1.29 is 9.59 Å². The van der Waals surface area contributed by atoms with E-state index in [1.807, 2.05) is 55.5 Å². The average Bonchev–Trinajstić information content (AvgIpc) is 2.74. The summed E-state index contributed by atoms with van der Waals surface area (Å²) >= 11 is 0. The number of aryl methyl sites for hydroxylation is 1. The first kappa shape index (κ1) is 19.9. The van der Waals surface area contributed by atoms with E-state index in [1.165, 1.54) is 0 Å². The second-order valence-electron chi connectivity index (χ2n) is 6.67. The molecule has 0 aliphatic rings. The van der Waals surface area contributed by atoms with Crippen LogP contribution >= 0.6 is 0 Å². The lowest BCUT2D eigenvalue weighted by Crippen LogP contribution is -2.34. The number of rotatable bonds is 6. The lowest BCUT2D eigenvalue weighted by Gasteiger charge is -2.12. The van der Waals surface area contributed by atoms with Crippen LogP contribution in [0.25, 0.3) is 6.08 Å². The van der Waals surface area contributed by atoms with E-state index in [4.69, 9.17) is 5.73 Å². The highest BCUT2D eigenvalue weighted by Crippen LogP contribution is 2.12. The Morgan fingerprint density at radius 2 is 1.55 bits per heavy atom. The van der Waals surface area contributed by atoms with Gasteiger partial charge in [-0.3, -0.25) is 9.59 Å². The molecule has 0 aliphatic heterocycles. The molecular weight excluding hydrogens is 362 g/mol. The van der Waals surface area contributed by atoms with Crippen molar-refractivity contribution in [2.24, 2.45) is 0 Å². The molecule has 0 bridgehead atoms. The topological polar surface area (TPSA) is 84.2 Å². The van der Waals surface area contributed by atoms with Crippen LogP contribution in [0.2, 0.25) is 0 Å². The Kier molecular flexibility index (Phi) is 6.43. The number of carbonyl (C=O) groups excluding carboxylic acids is 2. The zero-order valence-electron chi connectivity index (χ0n) is 16.2. The Hall–Kier alpha value is -3.86. The van der Waals surface area contributed by atoms with E-state index in [9.17, 15) is 9.59 Å². The van der Waals surface area contributed by atoms with Crippen LogP contribution in [0.3, 0.4) is 0 Å². The van der Waals surface area contributed by atoms with Gasteiger partial charge in [0.1, 0.15) is 5.70 Å². The molecule has 3 aromatic carbocycles. The molecule has 0 aliphatic carbocycles. The number of hydrogen-bond acceptors (Lipinski definition) is 3. The third kappa shape index (κ3) is 5.56. The Morgan fingerprint density at radius 3 is 2.24 bits per heavy atom. The number of para-hydroxylation sites is 1. The Labute approximate surface area is 170 Å². The number of hydrogen-bond donors (Lipinski definition) is 3. The summed E-state index contributed by atoms with van der Waals surface area (Å²) in [6, 6.07) is 23.8. The first-order chi connectivity index (χ1) is 14.0. The molecule has 29 heavy (non-hydrogen) atoms. The highest BCUT2D eigenvalue weighted by molar-refractivity contribution is 6.05. The summed E-state index contributed by atoms with van der Waals surface area (Å²) in [5, 5.41) is 5.55. The summed E-state index contributed by atoms with van der Waals surface area (Å²) in [6.07, 6.45) is 1.66. The zero-order valence-corrected chi connectivity index (χ0v) is 16.2. The summed E-state index contributed by atoms with van der Waals surface area (Å²) in [7, 11) is 0. The van der Waals surface area contributed by atoms with Gasteiger partial charge < -0.3 is 16.4 Å². The van der Waals surface area contributed by atoms with Crippen molar-refractivity contribution >= 4 is 23.6 Å². The maximum atomic E-state index is 12.8. The van der Waals surface area contributed by atoms with Crippen molar-refractivity contribution in [1.82, 2.24) is 10.6 Å². The Morgan fingerprint density at radius 1 is 0.897 bits per heavy atom. The van der Waals surface area contributed by atoms with Gasteiger partial charge in [-0.15, -0.1) is 0 Å². The molecule has 3 aromatic rings. The number of nitrogen functional groups attached to an aromatic ring is 1. The van der Waals surface area contributed by atoms with Crippen LogP contribution in [0.15, 0.2) is 84.6 Å². The summed E-state index contributed by atoms with van der Waals surface area (Å²) in [6.45, 7) is 2.25. The molecule has 146 valence electrons. The fraction of sp³-hybridized carbons (Fsp3) is 0.0833. The third-order valence-corrected chi connectivity index (χ3v) is 4.41. The highest BCUT2D eigenvalue weighted by Gasteiger charge is 2.15. The molecule has 3 rings (SSSR count). The number of amides is 2.